The van der Waals surface area contributed by atoms with E-state index in [-0.39, 0.29) is 11.5 Å². The minimum atomic E-state index is -0.196. The van der Waals surface area contributed by atoms with Gasteiger partial charge in [0.05, 0.1) is 24.7 Å². The molecule has 1 amide bonds. The molecule has 8 nitrogen and oxygen atoms in total. The molecular weight excluding hydrogens is 520 g/mol. The molecule has 2 aromatic heterocycles. The zero-order valence-electron chi connectivity index (χ0n) is 21.7. The van der Waals surface area contributed by atoms with Gasteiger partial charge >= 0.3 is 0 Å². The Labute approximate surface area is 231 Å². The van der Waals surface area contributed by atoms with E-state index in [0.717, 1.165) is 43.5 Å². The zero-order valence-corrected chi connectivity index (χ0v) is 23.4. The van der Waals surface area contributed by atoms with Crippen LogP contribution in [0.15, 0.2) is 46.2 Å². The van der Waals surface area contributed by atoms with Gasteiger partial charge in [-0.05, 0) is 68.0 Å². The summed E-state index contributed by atoms with van der Waals surface area (Å²) in [6.07, 6.45) is 7.26. The van der Waals surface area contributed by atoms with Crippen molar-refractivity contribution in [3.05, 3.63) is 68.5 Å². The molecule has 0 radical (unpaired) electrons. The number of pyridine rings is 1. The van der Waals surface area contributed by atoms with Crippen molar-refractivity contribution in [1.82, 2.24) is 14.3 Å². The minimum Gasteiger partial charge on any atom is -0.493 e. The van der Waals surface area contributed by atoms with Gasteiger partial charge in [0.25, 0.3) is 11.5 Å². The summed E-state index contributed by atoms with van der Waals surface area (Å²) in [5.74, 6) is 1.73. The summed E-state index contributed by atoms with van der Waals surface area (Å²) in [4.78, 5) is 36.3. The molecule has 0 atom stereocenters. The number of ether oxygens (including phenoxy) is 2. The maximum absolute atomic E-state index is 13.7. The quantitative estimate of drug-likeness (QED) is 0.316. The fourth-order valence-electron chi connectivity index (χ4n) is 4.87. The van der Waals surface area contributed by atoms with E-state index in [2.05, 4.69) is 4.90 Å². The van der Waals surface area contributed by atoms with Gasteiger partial charge in [-0.15, -0.1) is 0 Å². The van der Waals surface area contributed by atoms with Crippen LogP contribution in [0.4, 0.5) is 5.82 Å². The largest absolute Gasteiger partial charge is 0.493 e. The topological polar surface area (TPSA) is 76.4 Å². The number of carbonyl (C=O) groups excluding carboxylic acids is 1. The smallest absolute Gasteiger partial charge is 0.267 e. The lowest BCUT2D eigenvalue weighted by molar-refractivity contribution is -0.122. The van der Waals surface area contributed by atoms with Crippen LogP contribution in [0.1, 0.15) is 36.0 Å². The van der Waals surface area contributed by atoms with Crippen LogP contribution in [0.3, 0.4) is 0 Å². The fourth-order valence-corrected chi connectivity index (χ4v) is 6.16. The Balaban J connectivity index is 1.46. The van der Waals surface area contributed by atoms with Gasteiger partial charge in [0, 0.05) is 25.8 Å². The van der Waals surface area contributed by atoms with Gasteiger partial charge in [-0.1, -0.05) is 36.1 Å². The van der Waals surface area contributed by atoms with Crippen molar-refractivity contribution < 1.29 is 14.3 Å². The van der Waals surface area contributed by atoms with Gasteiger partial charge in [0.15, 0.2) is 11.5 Å². The highest BCUT2D eigenvalue weighted by Gasteiger charge is 2.33. The molecule has 2 saturated heterocycles. The second-order valence-corrected chi connectivity index (χ2v) is 11.0. The van der Waals surface area contributed by atoms with E-state index in [1.165, 1.54) is 11.8 Å². The first kappa shape index (κ1) is 26.2. The number of fused-ring (bicyclic) bond motifs is 1. The number of anilines is 1. The van der Waals surface area contributed by atoms with Gasteiger partial charge in [-0.25, -0.2) is 4.98 Å². The van der Waals surface area contributed by atoms with Gasteiger partial charge in [-0.2, -0.15) is 0 Å². The lowest BCUT2D eigenvalue weighted by Crippen LogP contribution is -2.34. The van der Waals surface area contributed by atoms with E-state index in [9.17, 15) is 9.59 Å². The molecule has 10 heteroatoms. The number of hydrogen-bond acceptors (Lipinski definition) is 8. The Morgan fingerprint density at radius 2 is 1.84 bits per heavy atom. The molecule has 0 unspecified atom stereocenters. The average Bonchev–Trinajstić information content (AvgIpc) is 3.21. The van der Waals surface area contributed by atoms with Crippen LogP contribution in [0.2, 0.25) is 0 Å². The molecule has 0 aliphatic carbocycles. The number of hydrogen-bond donors (Lipinski definition) is 0. The first-order valence-corrected chi connectivity index (χ1v) is 13.9. The van der Waals surface area contributed by atoms with Crippen molar-refractivity contribution in [2.45, 2.75) is 32.6 Å². The summed E-state index contributed by atoms with van der Waals surface area (Å²) in [6.45, 7) is 4.04. The van der Waals surface area contributed by atoms with Crippen LogP contribution < -0.4 is 19.9 Å². The zero-order chi connectivity index (χ0) is 26.8. The van der Waals surface area contributed by atoms with Crippen LogP contribution in [0, 0.1) is 6.92 Å². The molecule has 0 N–H and O–H groups in total. The molecule has 198 valence electrons. The SMILES string of the molecule is COc1ccc(CCN2C(=O)/C(=C\c3c(N4CCCCC4)nc4c(C)cccn4c3=O)SC2=S)cc1OC. The minimum absolute atomic E-state index is 0.185. The Kier molecular flexibility index (Phi) is 7.71. The molecule has 38 heavy (non-hydrogen) atoms. The van der Waals surface area contributed by atoms with Crippen molar-refractivity contribution >= 4 is 51.7 Å². The van der Waals surface area contributed by atoms with E-state index >= 15 is 0 Å². The van der Waals surface area contributed by atoms with Crippen molar-refractivity contribution in [2.75, 3.05) is 38.8 Å². The molecule has 4 heterocycles. The van der Waals surface area contributed by atoms with Crippen LogP contribution in [0.25, 0.3) is 11.7 Å². The van der Waals surface area contributed by atoms with Crippen molar-refractivity contribution in [3.8, 4) is 11.5 Å². The third-order valence-corrected chi connectivity index (χ3v) is 8.32. The summed E-state index contributed by atoms with van der Waals surface area (Å²) in [7, 11) is 3.19. The molecule has 0 saturated carbocycles. The van der Waals surface area contributed by atoms with Crippen LogP contribution in [0.5, 0.6) is 11.5 Å². The number of carbonyl (C=O) groups is 1. The number of aryl methyl sites for hydroxylation is 1. The molecular formula is C28H30N4O4S2. The monoisotopic (exact) mass is 550 g/mol. The van der Waals surface area contributed by atoms with Crippen molar-refractivity contribution in [3.63, 3.8) is 0 Å². The summed E-state index contributed by atoms with van der Waals surface area (Å²) in [5.41, 5.74) is 2.80. The van der Waals surface area contributed by atoms with Gasteiger partial charge in [0.1, 0.15) is 15.8 Å². The highest BCUT2D eigenvalue weighted by molar-refractivity contribution is 8.26. The highest BCUT2D eigenvalue weighted by Crippen LogP contribution is 2.34. The number of piperidine rings is 1. The lowest BCUT2D eigenvalue weighted by Gasteiger charge is -2.29. The average molecular weight is 551 g/mol. The first-order chi connectivity index (χ1) is 18.4. The Hall–Kier alpha value is -3.37. The number of aromatic nitrogens is 2. The molecule has 2 aliphatic rings. The van der Waals surface area contributed by atoms with Crippen LogP contribution in [-0.2, 0) is 11.2 Å². The summed E-state index contributed by atoms with van der Waals surface area (Å²) >= 11 is 6.80. The second-order valence-electron chi connectivity index (χ2n) is 9.36. The normalized spacial score (nSPS) is 17.1. The third-order valence-electron chi connectivity index (χ3n) is 6.94. The number of nitrogens with zero attached hydrogens (tertiary/aromatic N) is 4. The van der Waals surface area contributed by atoms with Crippen molar-refractivity contribution in [2.24, 2.45) is 0 Å². The standard InChI is InChI=1S/C28H30N4O4S2/c1-18-8-7-14-31-24(18)29-25(30-12-5-4-6-13-30)20(26(31)33)17-23-27(34)32(28(37)38-23)15-11-19-9-10-21(35-2)22(16-19)36-3/h7-10,14,16-17H,4-6,11-13,15H2,1-3H3/b23-17+. The molecule has 5 rings (SSSR count). The summed E-state index contributed by atoms with van der Waals surface area (Å²) < 4.78 is 12.8. The molecule has 0 bridgehead atoms. The molecule has 1 aromatic carbocycles. The maximum atomic E-state index is 13.7. The second kappa shape index (κ2) is 11.2. The van der Waals surface area contributed by atoms with Gasteiger partial charge < -0.3 is 14.4 Å². The van der Waals surface area contributed by atoms with E-state index < -0.39 is 0 Å². The number of thiocarbonyl (C=S) groups is 1. The van der Waals surface area contributed by atoms with E-state index in [4.69, 9.17) is 26.7 Å². The maximum Gasteiger partial charge on any atom is 0.267 e. The molecule has 2 aliphatic heterocycles. The Bertz CT molecular complexity index is 1490. The highest BCUT2D eigenvalue weighted by atomic mass is 32.2. The molecule has 3 aromatic rings. The number of methoxy groups -OCH3 is 2. The Morgan fingerprint density at radius 3 is 2.58 bits per heavy atom. The molecule has 2 fully saturated rings. The summed E-state index contributed by atoms with van der Waals surface area (Å²) in [5, 5.41) is 0. The Morgan fingerprint density at radius 1 is 1.08 bits per heavy atom. The van der Waals surface area contributed by atoms with Crippen LogP contribution >= 0.6 is 24.0 Å². The number of rotatable bonds is 7. The lowest BCUT2D eigenvalue weighted by atomic mass is 10.1. The van der Waals surface area contributed by atoms with E-state index in [1.807, 2.05) is 37.3 Å². The first-order valence-electron chi connectivity index (χ1n) is 12.6. The summed E-state index contributed by atoms with van der Waals surface area (Å²) in [6, 6.07) is 9.49. The van der Waals surface area contributed by atoms with Crippen LogP contribution in [-0.4, -0.2) is 58.4 Å². The predicted octanol–water partition coefficient (Wildman–Crippen LogP) is 4.45. The number of benzene rings is 1. The number of amides is 1. The van der Waals surface area contributed by atoms with E-state index in [0.29, 0.717) is 50.7 Å². The van der Waals surface area contributed by atoms with Crippen molar-refractivity contribution in [1.29, 1.82) is 0 Å². The fraction of sp³-hybridized carbons (Fsp3) is 0.357. The number of thioether (sulfide) groups is 1. The third kappa shape index (κ3) is 5.02. The van der Waals surface area contributed by atoms with Gasteiger partial charge in [-0.3, -0.25) is 18.9 Å². The predicted molar refractivity (Wildman–Crippen MR) is 155 cm³/mol. The van der Waals surface area contributed by atoms with Gasteiger partial charge in [0.2, 0.25) is 0 Å². The van der Waals surface area contributed by atoms with E-state index in [1.54, 1.807) is 35.8 Å². The molecule has 0 spiro atoms.